The average molecular weight is 298 g/mol. The molecule has 0 fully saturated rings. The lowest BCUT2D eigenvalue weighted by molar-refractivity contribution is 0.231. The minimum Gasteiger partial charge on any atom is -0.335 e. The van der Waals surface area contributed by atoms with E-state index in [2.05, 4.69) is 60.9 Å². The van der Waals surface area contributed by atoms with Crippen LogP contribution < -0.4 is 10.6 Å². The molecule has 118 valence electrons. The van der Waals surface area contributed by atoms with E-state index in [9.17, 15) is 4.79 Å². The SMILES string of the molecule is CC(Cc1ccc2ccccc2c1)NC(=O)NC(C)C(C)C. The minimum atomic E-state index is -0.0884. The van der Waals surface area contributed by atoms with Crippen LogP contribution in [0.15, 0.2) is 42.5 Å². The molecule has 0 bridgehead atoms. The van der Waals surface area contributed by atoms with Gasteiger partial charge in [0.1, 0.15) is 0 Å². The summed E-state index contributed by atoms with van der Waals surface area (Å²) in [6.07, 6.45) is 0.828. The van der Waals surface area contributed by atoms with Gasteiger partial charge < -0.3 is 10.6 Å². The predicted octanol–water partition coefficient (Wildman–Crippen LogP) is 4.11. The van der Waals surface area contributed by atoms with E-state index in [1.54, 1.807) is 0 Å². The summed E-state index contributed by atoms with van der Waals surface area (Å²) in [6, 6.07) is 15.0. The van der Waals surface area contributed by atoms with Gasteiger partial charge in [0.25, 0.3) is 0 Å². The quantitative estimate of drug-likeness (QED) is 0.856. The van der Waals surface area contributed by atoms with Gasteiger partial charge in [-0.05, 0) is 42.5 Å². The monoisotopic (exact) mass is 298 g/mol. The fourth-order valence-corrected chi connectivity index (χ4v) is 2.41. The fraction of sp³-hybridized carbons (Fsp3) is 0.421. The number of hydrogen-bond donors (Lipinski definition) is 2. The normalized spacial score (nSPS) is 13.9. The minimum absolute atomic E-state index is 0.0884. The van der Waals surface area contributed by atoms with Crippen LogP contribution in [0.5, 0.6) is 0 Å². The maximum absolute atomic E-state index is 11.9. The standard InChI is InChI=1S/C19H26N2O/c1-13(2)15(4)21-19(22)20-14(3)11-16-9-10-17-7-5-6-8-18(17)12-16/h5-10,12-15H,11H2,1-4H3,(H2,20,21,22). The molecule has 2 rings (SSSR count). The number of fused-ring (bicyclic) bond motifs is 1. The molecule has 0 aliphatic carbocycles. The van der Waals surface area contributed by atoms with Crippen molar-refractivity contribution < 1.29 is 4.79 Å². The van der Waals surface area contributed by atoms with Crippen molar-refractivity contribution in [1.29, 1.82) is 0 Å². The Morgan fingerprint density at radius 3 is 2.32 bits per heavy atom. The van der Waals surface area contributed by atoms with Crippen LogP contribution in [-0.2, 0) is 6.42 Å². The predicted molar refractivity (Wildman–Crippen MR) is 93.1 cm³/mol. The second kappa shape index (κ2) is 7.30. The van der Waals surface area contributed by atoms with Crippen LogP contribution in [0, 0.1) is 5.92 Å². The average Bonchev–Trinajstić information content (AvgIpc) is 2.46. The first-order chi connectivity index (χ1) is 10.5. The van der Waals surface area contributed by atoms with Crippen molar-refractivity contribution in [3.63, 3.8) is 0 Å². The molecular weight excluding hydrogens is 272 g/mol. The molecule has 0 heterocycles. The van der Waals surface area contributed by atoms with Crippen molar-refractivity contribution >= 4 is 16.8 Å². The molecule has 0 aliphatic heterocycles. The van der Waals surface area contributed by atoms with Gasteiger partial charge in [-0.1, -0.05) is 56.3 Å². The summed E-state index contributed by atoms with van der Waals surface area (Å²) >= 11 is 0. The van der Waals surface area contributed by atoms with Crippen molar-refractivity contribution in [2.75, 3.05) is 0 Å². The topological polar surface area (TPSA) is 41.1 Å². The molecule has 0 radical (unpaired) electrons. The Labute approximate surface area is 133 Å². The molecule has 0 spiro atoms. The van der Waals surface area contributed by atoms with E-state index in [-0.39, 0.29) is 18.1 Å². The maximum Gasteiger partial charge on any atom is 0.315 e. The van der Waals surface area contributed by atoms with E-state index in [4.69, 9.17) is 0 Å². The molecule has 0 saturated heterocycles. The molecule has 0 saturated carbocycles. The largest absolute Gasteiger partial charge is 0.335 e. The van der Waals surface area contributed by atoms with Gasteiger partial charge in [0.2, 0.25) is 0 Å². The third-order valence-electron chi connectivity index (χ3n) is 4.09. The summed E-state index contributed by atoms with van der Waals surface area (Å²) in [5.41, 5.74) is 1.24. The Kier molecular flexibility index (Phi) is 5.42. The van der Waals surface area contributed by atoms with Gasteiger partial charge in [-0.25, -0.2) is 4.79 Å². The van der Waals surface area contributed by atoms with Crippen molar-refractivity contribution in [1.82, 2.24) is 10.6 Å². The molecule has 2 aromatic rings. The smallest absolute Gasteiger partial charge is 0.315 e. The summed E-state index contributed by atoms with van der Waals surface area (Å²) < 4.78 is 0. The van der Waals surface area contributed by atoms with Gasteiger partial charge in [0.05, 0.1) is 0 Å². The molecule has 22 heavy (non-hydrogen) atoms. The zero-order chi connectivity index (χ0) is 16.1. The number of urea groups is 1. The van der Waals surface area contributed by atoms with Crippen LogP contribution in [0.4, 0.5) is 4.79 Å². The number of amides is 2. The summed E-state index contributed by atoms with van der Waals surface area (Å²) in [6.45, 7) is 8.26. The zero-order valence-corrected chi connectivity index (χ0v) is 13.9. The Balaban J connectivity index is 1.93. The second-order valence-corrected chi connectivity index (χ2v) is 6.44. The van der Waals surface area contributed by atoms with Gasteiger partial charge in [-0.3, -0.25) is 0 Å². The third kappa shape index (κ3) is 4.48. The van der Waals surface area contributed by atoms with Crippen LogP contribution in [0.2, 0.25) is 0 Å². The van der Waals surface area contributed by atoms with Crippen LogP contribution in [-0.4, -0.2) is 18.1 Å². The van der Waals surface area contributed by atoms with Gasteiger partial charge in [-0.15, -0.1) is 0 Å². The highest BCUT2D eigenvalue weighted by Gasteiger charge is 2.13. The zero-order valence-electron chi connectivity index (χ0n) is 13.9. The van der Waals surface area contributed by atoms with E-state index in [0.717, 1.165) is 6.42 Å². The lowest BCUT2D eigenvalue weighted by Gasteiger charge is -2.20. The van der Waals surface area contributed by atoms with Crippen LogP contribution in [0.1, 0.15) is 33.3 Å². The molecule has 2 N–H and O–H groups in total. The molecule has 3 nitrogen and oxygen atoms in total. The van der Waals surface area contributed by atoms with Gasteiger partial charge >= 0.3 is 6.03 Å². The molecule has 0 aliphatic rings. The highest BCUT2D eigenvalue weighted by Crippen LogP contribution is 2.16. The molecule has 0 aromatic heterocycles. The van der Waals surface area contributed by atoms with Crippen molar-refractivity contribution in [3.05, 3.63) is 48.0 Å². The summed E-state index contributed by atoms with van der Waals surface area (Å²) in [4.78, 5) is 11.9. The third-order valence-corrected chi connectivity index (χ3v) is 4.09. The number of nitrogens with one attached hydrogen (secondary N) is 2. The van der Waals surface area contributed by atoms with Crippen molar-refractivity contribution in [3.8, 4) is 0 Å². The Bertz CT molecular complexity index is 636. The number of hydrogen-bond acceptors (Lipinski definition) is 1. The first-order valence-corrected chi connectivity index (χ1v) is 8.00. The number of carbonyl (C=O) groups is 1. The number of carbonyl (C=O) groups excluding carboxylic acids is 1. The Morgan fingerprint density at radius 2 is 1.64 bits per heavy atom. The Hall–Kier alpha value is -2.03. The van der Waals surface area contributed by atoms with E-state index in [1.165, 1.54) is 16.3 Å². The van der Waals surface area contributed by atoms with Crippen molar-refractivity contribution in [2.45, 2.75) is 46.2 Å². The summed E-state index contributed by atoms with van der Waals surface area (Å²) in [7, 11) is 0. The van der Waals surface area contributed by atoms with Gasteiger partial charge in [0, 0.05) is 12.1 Å². The van der Waals surface area contributed by atoms with E-state index >= 15 is 0 Å². The summed E-state index contributed by atoms with van der Waals surface area (Å²) in [5, 5.41) is 8.47. The molecule has 2 amide bonds. The highest BCUT2D eigenvalue weighted by atomic mass is 16.2. The maximum atomic E-state index is 11.9. The fourth-order valence-electron chi connectivity index (χ4n) is 2.41. The first-order valence-electron chi connectivity index (χ1n) is 8.00. The lowest BCUT2D eigenvalue weighted by Crippen LogP contribution is -2.46. The van der Waals surface area contributed by atoms with E-state index in [1.807, 2.05) is 19.9 Å². The van der Waals surface area contributed by atoms with E-state index < -0.39 is 0 Å². The van der Waals surface area contributed by atoms with Gasteiger partial charge in [-0.2, -0.15) is 0 Å². The molecule has 2 aromatic carbocycles. The van der Waals surface area contributed by atoms with Crippen LogP contribution >= 0.6 is 0 Å². The van der Waals surface area contributed by atoms with E-state index in [0.29, 0.717) is 5.92 Å². The first kappa shape index (κ1) is 16.3. The van der Waals surface area contributed by atoms with Crippen molar-refractivity contribution in [2.24, 2.45) is 5.92 Å². The molecule has 2 unspecified atom stereocenters. The Morgan fingerprint density at radius 1 is 0.955 bits per heavy atom. The summed E-state index contributed by atoms with van der Waals surface area (Å²) in [5.74, 6) is 0.432. The number of benzene rings is 2. The molecule has 2 atom stereocenters. The highest BCUT2D eigenvalue weighted by molar-refractivity contribution is 5.83. The van der Waals surface area contributed by atoms with Crippen LogP contribution in [0.25, 0.3) is 10.8 Å². The molecular formula is C19H26N2O. The number of rotatable bonds is 5. The lowest BCUT2D eigenvalue weighted by atomic mass is 10.0. The van der Waals surface area contributed by atoms with Crippen LogP contribution in [0.3, 0.4) is 0 Å². The van der Waals surface area contributed by atoms with Gasteiger partial charge in [0.15, 0.2) is 0 Å². The molecule has 3 heteroatoms. The second-order valence-electron chi connectivity index (χ2n) is 6.44.